The van der Waals surface area contributed by atoms with Gasteiger partial charge in [-0.3, -0.25) is 9.78 Å². The molecule has 3 rings (SSSR count). The number of sulfonamides is 1. The lowest BCUT2D eigenvalue weighted by atomic mass is 10.2. The van der Waals surface area contributed by atoms with Crippen molar-refractivity contribution in [3.8, 4) is 0 Å². The SMILES string of the molecule is O=C(NCc1ccccn1)c1cc(S(=O)(=O)N2CCCC2)ccc1F. The van der Waals surface area contributed by atoms with E-state index in [-0.39, 0.29) is 17.0 Å². The van der Waals surface area contributed by atoms with Crippen LogP contribution in [-0.4, -0.2) is 36.7 Å². The molecule has 2 aromatic rings. The van der Waals surface area contributed by atoms with E-state index in [0.29, 0.717) is 18.8 Å². The van der Waals surface area contributed by atoms with Crippen LogP contribution in [-0.2, 0) is 16.6 Å². The molecule has 1 aliphatic rings. The van der Waals surface area contributed by atoms with Gasteiger partial charge in [-0.15, -0.1) is 0 Å². The number of aromatic nitrogens is 1. The highest BCUT2D eigenvalue weighted by Gasteiger charge is 2.28. The van der Waals surface area contributed by atoms with Crippen molar-refractivity contribution in [2.24, 2.45) is 0 Å². The monoisotopic (exact) mass is 363 g/mol. The molecule has 1 aromatic carbocycles. The zero-order valence-electron chi connectivity index (χ0n) is 13.5. The number of amides is 1. The standard InChI is InChI=1S/C17H18FN3O3S/c18-16-7-6-14(25(23,24)21-9-3-4-10-21)11-15(16)17(22)20-12-13-5-1-2-8-19-13/h1-2,5-8,11H,3-4,9-10,12H2,(H,20,22). The molecule has 1 amide bonds. The second-order valence-corrected chi connectivity index (χ2v) is 7.69. The molecule has 0 aliphatic carbocycles. The summed E-state index contributed by atoms with van der Waals surface area (Å²) in [5.41, 5.74) is 0.327. The molecule has 0 spiro atoms. The van der Waals surface area contributed by atoms with Gasteiger partial charge in [0.2, 0.25) is 10.0 Å². The number of pyridine rings is 1. The Kier molecular flexibility index (Phi) is 5.10. The summed E-state index contributed by atoms with van der Waals surface area (Å²) < 4.78 is 40.5. The van der Waals surface area contributed by atoms with E-state index in [1.165, 1.54) is 10.4 Å². The third kappa shape index (κ3) is 3.85. The maximum atomic E-state index is 14.0. The molecule has 8 heteroatoms. The van der Waals surface area contributed by atoms with Gasteiger partial charge in [-0.25, -0.2) is 12.8 Å². The molecule has 25 heavy (non-hydrogen) atoms. The van der Waals surface area contributed by atoms with Gasteiger partial charge in [0, 0.05) is 19.3 Å². The van der Waals surface area contributed by atoms with Gasteiger partial charge < -0.3 is 5.32 Å². The molecular weight excluding hydrogens is 345 g/mol. The normalized spacial score (nSPS) is 15.2. The largest absolute Gasteiger partial charge is 0.346 e. The van der Waals surface area contributed by atoms with Gasteiger partial charge in [0.15, 0.2) is 0 Å². The topological polar surface area (TPSA) is 79.4 Å². The molecule has 132 valence electrons. The average Bonchev–Trinajstić information content (AvgIpc) is 3.16. The van der Waals surface area contributed by atoms with E-state index in [2.05, 4.69) is 10.3 Å². The third-order valence-electron chi connectivity index (χ3n) is 4.04. The lowest BCUT2D eigenvalue weighted by molar-refractivity contribution is 0.0946. The molecule has 0 bridgehead atoms. The number of carbonyl (C=O) groups is 1. The summed E-state index contributed by atoms with van der Waals surface area (Å²) >= 11 is 0. The van der Waals surface area contributed by atoms with Crippen LogP contribution in [0, 0.1) is 5.82 Å². The fourth-order valence-corrected chi connectivity index (χ4v) is 4.23. The molecule has 0 saturated carbocycles. The van der Waals surface area contributed by atoms with E-state index in [0.717, 1.165) is 25.0 Å². The summed E-state index contributed by atoms with van der Waals surface area (Å²) in [7, 11) is -3.70. The summed E-state index contributed by atoms with van der Waals surface area (Å²) in [4.78, 5) is 16.2. The van der Waals surface area contributed by atoms with E-state index in [9.17, 15) is 17.6 Å². The van der Waals surface area contributed by atoms with Crippen molar-refractivity contribution in [1.82, 2.24) is 14.6 Å². The van der Waals surface area contributed by atoms with Gasteiger partial charge in [0.1, 0.15) is 5.82 Å². The van der Waals surface area contributed by atoms with E-state index in [1.807, 2.05) is 0 Å². The molecule has 1 aliphatic heterocycles. The molecular formula is C17H18FN3O3S. The number of carbonyl (C=O) groups excluding carboxylic acids is 1. The van der Waals surface area contributed by atoms with Crippen LogP contribution in [0.5, 0.6) is 0 Å². The molecule has 2 heterocycles. The number of hydrogen-bond donors (Lipinski definition) is 1. The summed E-state index contributed by atoms with van der Waals surface area (Å²) in [6.07, 6.45) is 3.20. The van der Waals surface area contributed by atoms with Crippen LogP contribution >= 0.6 is 0 Å². The van der Waals surface area contributed by atoms with Crippen LogP contribution in [0.2, 0.25) is 0 Å². The molecule has 0 unspecified atom stereocenters. The first kappa shape index (κ1) is 17.5. The van der Waals surface area contributed by atoms with Crippen molar-refractivity contribution in [2.75, 3.05) is 13.1 Å². The van der Waals surface area contributed by atoms with Crippen molar-refractivity contribution in [3.63, 3.8) is 0 Å². The summed E-state index contributed by atoms with van der Waals surface area (Å²) in [5, 5.41) is 2.55. The first-order valence-electron chi connectivity index (χ1n) is 7.96. The minimum absolute atomic E-state index is 0.0706. The van der Waals surface area contributed by atoms with Gasteiger partial charge in [0.05, 0.1) is 22.7 Å². The quantitative estimate of drug-likeness (QED) is 0.880. The smallest absolute Gasteiger partial charge is 0.254 e. The van der Waals surface area contributed by atoms with Gasteiger partial charge in [-0.1, -0.05) is 6.07 Å². The van der Waals surface area contributed by atoms with Crippen molar-refractivity contribution in [1.29, 1.82) is 0 Å². The highest BCUT2D eigenvalue weighted by atomic mass is 32.2. The van der Waals surface area contributed by atoms with E-state index in [1.54, 1.807) is 24.4 Å². The number of benzene rings is 1. The lowest BCUT2D eigenvalue weighted by Crippen LogP contribution is -2.29. The van der Waals surface area contributed by atoms with Crippen LogP contribution in [0.15, 0.2) is 47.5 Å². The van der Waals surface area contributed by atoms with Crippen molar-refractivity contribution < 1.29 is 17.6 Å². The molecule has 1 aromatic heterocycles. The summed E-state index contributed by atoms with van der Waals surface area (Å²) in [6, 6.07) is 8.55. The fraction of sp³-hybridized carbons (Fsp3) is 0.294. The molecule has 1 N–H and O–H groups in total. The Bertz CT molecular complexity index is 866. The Balaban J connectivity index is 1.80. The molecule has 6 nitrogen and oxygen atoms in total. The second-order valence-electron chi connectivity index (χ2n) is 5.76. The number of nitrogens with one attached hydrogen (secondary N) is 1. The molecule has 0 radical (unpaired) electrons. The second kappa shape index (κ2) is 7.28. The highest BCUT2D eigenvalue weighted by Crippen LogP contribution is 2.22. The predicted molar refractivity (Wildman–Crippen MR) is 89.8 cm³/mol. The Morgan fingerprint density at radius 3 is 2.64 bits per heavy atom. The summed E-state index contributed by atoms with van der Waals surface area (Å²) in [6.45, 7) is 1.02. The minimum atomic E-state index is -3.70. The third-order valence-corrected chi connectivity index (χ3v) is 5.94. The van der Waals surface area contributed by atoms with Crippen molar-refractivity contribution >= 4 is 15.9 Å². The van der Waals surface area contributed by atoms with Crippen LogP contribution in [0.1, 0.15) is 28.9 Å². The maximum absolute atomic E-state index is 14.0. The van der Waals surface area contributed by atoms with Crippen molar-refractivity contribution in [3.05, 3.63) is 59.7 Å². The highest BCUT2D eigenvalue weighted by molar-refractivity contribution is 7.89. The first-order chi connectivity index (χ1) is 12.0. The zero-order valence-corrected chi connectivity index (χ0v) is 14.3. The fourth-order valence-electron chi connectivity index (χ4n) is 2.69. The summed E-state index contributed by atoms with van der Waals surface area (Å²) in [5.74, 6) is -1.44. The zero-order chi connectivity index (χ0) is 17.9. The number of halogens is 1. The van der Waals surface area contributed by atoms with Crippen LogP contribution in [0.25, 0.3) is 0 Å². The number of nitrogens with zero attached hydrogens (tertiary/aromatic N) is 2. The Labute approximate surface area is 145 Å². The minimum Gasteiger partial charge on any atom is -0.346 e. The van der Waals surface area contributed by atoms with Crippen LogP contribution in [0.4, 0.5) is 4.39 Å². The maximum Gasteiger partial charge on any atom is 0.254 e. The van der Waals surface area contributed by atoms with E-state index >= 15 is 0 Å². The predicted octanol–water partition coefficient (Wildman–Crippen LogP) is 1.94. The Morgan fingerprint density at radius 1 is 1.20 bits per heavy atom. The Morgan fingerprint density at radius 2 is 1.96 bits per heavy atom. The van der Waals surface area contributed by atoms with Gasteiger partial charge in [-0.05, 0) is 43.2 Å². The molecule has 1 fully saturated rings. The van der Waals surface area contributed by atoms with Crippen LogP contribution < -0.4 is 5.32 Å². The molecule has 1 saturated heterocycles. The number of hydrogen-bond acceptors (Lipinski definition) is 4. The molecule has 0 atom stereocenters. The average molecular weight is 363 g/mol. The van der Waals surface area contributed by atoms with Crippen LogP contribution in [0.3, 0.4) is 0 Å². The lowest BCUT2D eigenvalue weighted by Gasteiger charge is -2.16. The van der Waals surface area contributed by atoms with Gasteiger partial charge in [-0.2, -0.15) is 4.31 Å². The van der Waals surface area contributed by atoms with E-state index in [4.69, 9.17) is 0 Å². The van der Waals surface area contributed by atoms with Gasteiger partial charge >= 0.3 is 0 Å². The van der Waals surface area contributed by atoms with Gasteiger partial charge in [0.25, 0.3) is 5.91 Å². The number of rotatable bonds is 5. The van der Waals surface area contributed by atoms with Crippen molar-refractivity contribution in [2.45, 2.75) is 24.3 Å². The first-order valence-corrected chi connectivity index (χ1v) is 9.40. The Hall–Kier alpha value is -2.32. The van der Waals surface area contributed by atoms with E-state index < -0.39 is 21.7 Å².